The minimum absolute atomic E-state index is 0.742. The van der Waals surface area contributed by atoms with E-state index < -0.39 is 0 Å². The molecule has 0 spiro atoms. The standard InChI is InChI=1S/C14H12ClN3S/c15-12-4-3-10(14-11(12)2-1-5-18-14)8-16-9-13-17-6-7-19-13/h1-7,16H,8-9H2. The van der Waals surface area contributed by atoms with Gasteiger partial charge in [0.15, 0.2) is 0 Å². The number of hydrogen-bond acceptors (Lipinski definition) is 4. The van der Waals surface area contributed by atoms with Crippen LogP contribution in [0, 0.1) is 0 Å². The monoisotopic (exact) mass is 289 g/mol. The first-order chi connectivity index (χ1) is 9.34. The third-order valence-corrected chi connectivity index (χ3v) is 3.98. The molecular formula is C14H12ClN3S. The normalized spacial score (nSPS) is 11.0. The number of hydrogen-bond donors (Lipinski definition) is 1. The van der Waals surface area contributed by atoms with Crippen LogP contribution in [0.2, 0.25) is 5.02 Å². The van der Waals surface area contributed by atoms with Crippen molar-refractivity contribution in [1.82, 2.24) is 15.3 Å². The van der Waals surface area contributed by atoms with Gasteiger partial charge in [0.2, 0.25) is 0 Å². The van der Waals surface area contributed by atoms with Gasteiger partial charge in [-0.2, -0.15) is 0 Å². The van der Waals surface area contributed by atoms with Crippen molar-refractivity contribution in [3.63, 3.8) is 0 Å². The molecule has 0 radical (unpaired) electrons. The number of thiazole rings is 1. The van der Waals surface area contributed by atoms with Gasteiger partial charge in [0.1, 0.15) is 5.01 Å². The van der Waals surface area contributed by atoms with E-state index in [1.807, 2.05) is 35.8 Å². The van der Waals surface area contributed by atoms with Gasteiger partial charge >= 0.3 is 0 Å². The number of benzene rings is 1. The fourth-order valence-electron chi connectivity index (χ4n) is 1.98. The number of halogens is 1. The maximum absolute atomic E-state index is 6.18. The maximum Gasteiger partial charge on any atom is 0.106 e. The van der Waals surface area contributed by atoms with Gasteiger partial charge in [-0.15, -0.1) is 11.3 Å². The van der Waals surface area contributed by atoms with Gasteiger partial charge in [-0.3, -0.25) is 4.98 Å². The highest BCUT2D eigenvalue weighted by Crippen LogP contribution is 2.24. The SMILES string of the molecule is Clc1ccc(CNCc2nccs2)c2ncccc12. The van der Waals surface area contributed by atoms with Crippen molar-refractivity contribution in [3.05, 3.63) is 57.6 Å². The molecule has 1 aromatic carbocycles. The second kappa shape index (κ2) is 5.65. The molecule has 0 amide bonds. The Morgan fingerprint density at radius 1 is 1.11 bits per heavy atom. The molecule has 19 heavy (non-hydrogen) atoms. The van der Waals surface area contributed by atoms with Crippen LogP contribution in [0.5, 0.6) is 0 Å². The molecule has 2 heterocycles. The van der Waals surface area contributed by atoms with Gasteiger partial charge in [0.05, 0.1) is 5.52 Å². The van der Waals surface area contributed by atoms with Gasteiger partial charge in [-0.05, 0) is 23.8 Å². The Morgan fingerprint density at radius 2 is 2.05 bits per heavy atom. The van der Waals surface area contributed by atoms with Gasteiger partial charge < -0.3 is 5.32 Å². The van der Waals surface area contributed by atoms with E-state index in [4.69, 9.17) is 11.6 Å². The van der Waals surface area contributed by atoms with Crippen LogP contribution >= 0.6 is 22.9 Å². The molecule has 0 saturated carbocycles. The number of rotatable bonds is 4. The van der Waals surface area contributed by atoms with Crippen molar-refractivity contribution in [1.29, 1.82) is 0 Å². The van der Waals surface area contributed by atoms with Crippen LogP contribution in [0.4, 0.5) is 0 Å². The van der Waals surface area contributed by atoms with E-state index in [1.54, 1.807) is 17.5 Å². The Hall–Kier alpha value is -1.49. The Kier molecular flexibility index (Phi) is 3.73. The van der Waals surface area contributed by atoms with Crippen molar-refractivity contribution in [2.75, 3.05) is 0 Å². The Labute approximate surface area is 120 Å². The van der Waals surface area contributed by atoms with E-state index in [2.05, 4.69) is 15.3 Å². The molecule has 3 nitrogen and oxygen atoms in total. The third-order valence-electron chi connectivity index (χ3n) is 2.88. The summed E-state index contributed by atoms with van der Waals surface area (Å²) in [5.74, 6) is 0. The summed E-state index contributed by atoms with van der Waals surface area (Å²) in [4.78, 5) is 8.66. The van der Waals surface area contributed by atoms with Crippen LogP contribution in [0.15, 0.2) is 42.0 Å². The largest absolute Gasteiger partial charge is 0.306 e. The van der Waals surface area contributed by atoms with Gasteiger partial charge in [0.25, 0.3) is 0 Å². The number of nitrogens with one attached hydrogen (secondary N) is 1. The zero-order valence-electron chi connectivity index (χ0n) is 10.1. The molecule has 2 aromatic heterocycles. The summed E-state index contributed by atoms with van der Waals surface area (Å²) in [6.45, 7) is 1.53. The molecule has 0 aliphatic rings. The summed E-state index contributed by atoms with van der Waals surface area (Å²) in [5.41, 5.74) is 2.11. The summed E-state index contributed by atoms with van der Waals surface area (Å²) in [7, 11) is 0. The number of pyridine rings is 1. The van der Waals surface area contributed by atoms with Crippen LogP contribution in [-0.4, -0.2) is 9.97 Å². The summed E-state index contributed by atoms with van der Waals surface area (Å²) in [6.07, 6.45) is 3.61. The molecule has 0 saturated heterocycles. The average molecular weight is 290 g/mol. The van der Waals surface area contributed by atoms with Crippen molar-refractivity contribution >= 4 is 33.8 Å². The molecule has 1 N–H and O–H groups in total. The molecule has 0 aliphatic carbocycles. The first kappa shape index (κ1) is 12.5. The Morgan fingerprint density at radius 3 is 2.89 bits per heavy atom. The van der Waals surface area contributed by atoms with Crippen molar-refractivity contribution in [2.24, 2.45) is 0 Å². The fraction of sp³-hybridized carbons (Fsp3) is 0.143. The lowest BCUT2D eigenvalue weighted by Crippen LogP contribution is -2.13. The zero-order chi connectivity index (χ0) is 13.1. The predicted molar refractivity (Wildman–Crippen MR) is 79.4 cm³/mol. The first-order valence-corrected chi connectivity index (χ1v) is 7.21. The quantitative estimate of drug-likeness (QED) is 0.797. The number of aromatic nitrogens is 2. The molecule has 0 aliphatic heterocycles. The van der Waals surface area contributed by atoms with E-state index in [-0.39, 0.29) is 0 Å². The molecule has 3 rings (SSSR count). The first-order valence-electron chi connectivity index (χ1n) is 5.96. The fourth-order valence-corrected chi connectivity index (χ4v) is 2.78. The Balaban J connectivity index is 1.79. The lowest BCUT2D eigenvalue weighted by Gasteiger charge is -2.07. The van der Waals surface area contributed by atoms with Crippen LogP contribution in [0.1, 0.15) is 10.6 Å². The molecule has 0 atom stereocenters. The molecule has 0 bridgehead atoms. The summed E-state index contributed by atoms with van der Waals surface area (Å²) < 4.78 is 0. The molecule has 0 fully saturated rings. The van der Waals surface area contributed by atoms with Crippen molar-refractivity contribution in [3.8, 4) is 0 Å². The topological polar surface area (TPSA) is 37.8 Å². The number of fused-ring (bicyclic) bond motifs is 1. The van der Waals surface area contributed by atoms with Crippen LogP contribution in [0.3, 0.4) is 0 Å². The lowest BCUT2D eigenvalue weighted by molar-refractivity contribution is 0.692. The van der Waals surface area contributed by atoms with Gasteiger partial charge in [-0.25, -0.2) is 4.98 Å². The second-order valence-corrected chi connectivity index (χ2v) is 5.52. The molecule has 3 aromatic rings. The van der Waals surface area contributed by atoms with Crippen molar-refractivity contribution < 1.29 is 0 Å². The maximum atomic E-state index is 6.18. The van der Waals surface area contributed by atoms with E-state index in [0.717, 1.165) is 39.6 Å². The van der Waals surface area contributed by atoms with E-state index >= 15 is 0 Å². The third kappa shape index (κ3) is 2.76. The average Bonchev–Trinajstić information content (AvgIpc) is 2.95. The summed E-state index contributed by atoms with van der Waals surface area (Å²) >= 11 is 7.83. The molecule has 96 valence electrons. The second-order valence-electron chi connectivity index (χ2n) is 4.14. The zero-order valence-corrected chi connectivity index (χ0v) is 11.7. The van der Waals surface area contributed by atoms with E-state index in [0.29, 0.717) is 0 Å². The van der Waals surface area contributed by atoms with E-state index in [1.165, 1.54) is 0 Å². The highest BCUT2D eigenvalue weighted by molar-refractivity contribution is 7.09. The van der Waals surface area contributed by atoms with E-state index in [9.17, 15) is 0 Å². The Bertz CT molecular complexity index is 682. The minimum Gasteiger partial charge on any atom is -0.306 e. The number of nitrogens with zero attached hydrogens (tertiary/aromatic N) is 2. The molecule has 0 unspecified atom stereocenters. The van der Waals surface area contributed by atoms with Crippen LogP contribution in [-0.2, 0) is 13.1 Å². The molecule has 5 heteroatoms. The highest BCUT2D eigenvalue weighted by atomic mass is 35.5. The molecular weight excluding hydrogens is 278 g/mol. The predicted octanol–water partition coefficient (Wildman–Crippen LogP) is 3.63. The van der Waals surface area contributed by atoms with Gasteiger partial charge in [0, 0.05) is 41.3 Å². The minimum atomic E-state index is 0.742. The smallest absolute Gasteiger partial charge is 0.106 e. The van der Waals surface area contributed by atoms with Crippen LogP contribution < -0.4 is 5.32 Å². The lowest BCUT2D eigenvalue weighted by atomic mass is 10.1. The van der Waals surface area contributed by atoms with Crippen molar-refractivity contribution in [2.45, 2.75) is 13.1 Å². The summed E-state index contributed by atoms with van der Waals surface area (Å²) in [6, 6.07) is 7.84. The summed E-state index contributed by atoms with van der Waals surface area (Å²) in [5, 5.41) is 8.19. The highest BCUT2D eigenvalue weighted by Gasteiger charge is 2.05. The van der Waals surface area contributed by atoms with Crippen LogP contribution in [0.25, 0.3) is 10.9 Å². The van der Waals surface area contributed by atoms with Gasteiger partial charge in [-0.1, -0.05) is 17.7 Å².